The number of rotatable bonds is 4. The van der Waals surface area contributed by atoms with E-state index in [0.717, 1.165) is 0 Å². The minimum atomic E-state index is -1.58. The number of carbonyl (C=O) groups excluding carboxylic acids is 1. The zero-order chi connectivity index (χ0) is 11.4. The number of phenols is 1. The first-order chi connectivity index (χ1) is 7.07. The molecule has 2 N–H and O–H groups in total. The van der Waals surface area contributed by atoms with Gasteiger partial charge in [0.05, 0.1) is 5.56 Å². The van der Waals surface area contributed by atoms with Gasteiger partial charge in [0, 0.05) is 0 Å². The van der Waals surface area contributed by atoms with E-state index in [1.807, 2.05) is 0 Å². The number of carbonyl (C=O) groups is 2. The number of hydrogen-bond acceptors (Lipinski definition) is 3. The Morgan fingerprint density at radius 1 is 1.40 bits per heavy atom. The van der Waals surface area contributed by atoms with E-state index < -0.39 is 11.8 Å². The van der Waals surface area contributed by atoms with Crippen molar-refractivity contribution in [3.05, 3.63) is 42.0 Å². The number of aliphatic carboxylic acids is 1. The smallest absolute Gasteiger partial charge is 0.377 e. The number of phenolic OH excluding ortho intramolecular Hbond substituents is 1. The second-order valence-corrected chi connectivity index (χ2v) is 2.94. The highest BCUT2D eigenvalue weighted by Crippen LogP contribution is 2.22. The molecule has 1 aromatic carbocycles. The highest BCUT2D eigenvalue weighted by Gasteiger charge is 2.21. The van der Waals surface area contributed by atoms with Crippen LogP contribution in [-0.4, -0.2) is 22.0 Å². The quantitative estimate of drug-likeness (QED) is 0.443. The standard InChI is InChI=1S/C11H10O4/c1-2-4-7-5-3-6-8(12)9(7)10(13)11(14)15/h2-3,5-6,12H,1,4H2,(H,14,15). The third kappa shape index (κ3) is 2.22. The number of aromatic hydroxyl groups is 1. The van der Waals surface area contributed by atoms with Crippen molar-refractivity contribution < 1.29 is 19.8 Å². The summed E-state index contributed by atoms with van der Waals surface area (Å²) in [5, 5.41) is 18.0. The topological polar surface area (TPSA) is 74.6 Å². The lowest BCUT2D eigenvalue weighted by atomic mass is 10.00. The van der Waals surface area contributed by atoms with Gasteiger partial charge in [0.15, 0.2) is 0 Å². The summed E-state index contributed by atoms with van der Waals surface area (Å²) in [6, 6.07) is 4.41. The van der Waals surface area contributed by atoms with Crippen LogP contribution in [0.25, 0.3) is 0 Å². The molecule has 0 saturated heterocycles. The number of hydrogen-bond donors (Lipinski definition) is 2. The number of carboxylic acids is 1. The minimum Gasteiger partial charge on any atom is -0.507 e. The normalized spacial score (nSPS) is 9.60. The maximum atomic E-state index is 11.3. The van der Waals surface area contributed by atoms with E-state index in [9.17, 15) is 14.7 Å². The van der Waals surface area contributed by atoms with Crippen LogP contribution in [0.1, 0.15) is 15.9 Å². The minimum absolute atomic E-state index is 0.162. The van der Waals surface area contributed by atoms with Gasteiger partial charge in [-0.3, -0.25) is 4.79 Å². The van der Waals surface area contributed by atoms with Crippen molar-refractivity contribution in [2.75, 3.05) is 0 Å². The van der Waals surface area contributed by atoms with Crippen LogP contribution in [0.4, 0.5) is 0 Å². The van der Waals surface area contributed by atoms with E-state index in [1.54, 1.807) is 12.1 Å². The first kappa shape index (κ1) is 11.0. The summed E-state index contributed by atoms with van der Waals surface area (Å²) in [6.07, 6.45) is 1.87. The van der Waals surface area contributed by atoms with Gasteiger partial charge in [0.25, 0.3) is 5.78 Å². The number of allylic oxidation sites excluding steroid dienone is 1. The highest BCUT2D eigenvalue weighted by atomic mass is 16.4. The van der Waals surface area contributed by atoms with Gasteiger partial charge in [-0.05, 0) is 18.1 Å². The lowest BCUT2D eigenvalue weighted by molar-refractivity contribution is -0.131. The summed E-state index contributed by atoms with van der Waals surface area (Å²) >= 11 is 0. The molecule has 0 aliphatic rings. The first-order valence-electron chi connectivity index (χ1n) is 4.27. The highest BCUT2D eigenvalue weighted by molar-refractivity contribution is 6.40. The summed E-state index contributed by atoms with van der Waals surface area (Å²) in [5.74, 6) is -3.01. The Morgan fingerprint density at radius 2 is 2.07 bits per heavy atom. The Kier molecular flexibility index (Phi) is 3.23. The molecule has 0 aliphatic heterocycles. The molecule has 0 saturated carbocycles. The maximum absolute atomic E-state index is 11.3. The average Bonchev–Trinajstić information content (AvgIpc) is 2.17. The first-order valence-corrected chi connectivity index (χ1v) is 4.27. The molecular formula is C11H10O4. The van der Waals surface area contributed by atoms with Gasteiger partial charge < -0.3 is 10.2 Å². The van der Waals surface area contributed by atoms with Crippen molar-refractivity contribution in [3.63, 3.8) is 0 Å². The van der Waals surface area contributed by atoms with Gasteiger partial charge in [0.1, 0.15) is 5.75 Å². The Labute approximate surface area is 86.5 Å². The number of Topliss-reactive ketones (excluding diaryl/α,β-unsaturated/α-hetero) is 1. The second-order valence-electron chi connectivity index (χ2n) is 2.94. The van der Waals surface area contributed by atoms with Gasteiger partial charge in [-0.25, -0.2) is 4.79 Å². The van der Waals surface area contributed by atoms with E-state index in [4.69, 9.17) is 5.11 Å². The maximum Gasteiger partial charge on any atom is 0.377 e. The van der Waals surface area contributed by atoms with E-state index in [1.165, 1.54) is 12.1 Å². The predicted molar refractivity (Wildman–Crippen MR) is 54.0 cm³/mol. The third-order valence-electron chi connectivity index (χ3n) is 1.91. The lowest BCUT2D eigenvalue weighted by Crippen LogP contribution is -2.15. The molecule has 1 rings (SSSR count). The van der Waals surface area contributed by atoms with Gasteiger partial charge in [-0.15, -0.1) is 6.58 Å². The molecule has 0 heterocycles. The van der Waals surface area contributed by atoms with Crippen molar-refractivity contribution in [1.29, 1.82) is 0 Å². The Morgan fingerprint density at radius 3 is 2.60 bits per heavy atom. The van der Waals surface area contributed by atoms with Crippen LogP contribution in [0.2, 0.25) is 0 Å². The van der Waals surface area contributed by atoms with Crippen LogP contribution < -0.4 is 0 Å². The molecule has 0 unspecified atom stereocenters. The van der Waals surface area contributed by atoms with Crippen LogP contribution in [0, 0.1) is 0 Å². The fourth-order valence-electron chi connectivity index (χ4n) is 1.28. The van der Waals surface area contributed by atoms with E-state index in [-0.39, 0.29) is 11.3 Å². The molecule has 4 nitrogen and oxygen atoms in total. The molecule has 0 bridgehead atoms. The number of ketones is 1. The summed E-state index contributed by atoms with van der Waals surface area (Å²) in [6.45, 7) is 3.49. The molecule has 0 aliphatic carbocycles. The van der Waals surface area contributed by atoms with Crippen LogP contribution in [0.15, 0.2) is 30.9 Å². The Balaban J connectivity index is 3.29. The van der Waals surface area contributed by atoms with Crippen LogP contribution in [0.3, 0.4) is 0 Å². The molecule has 15 heavy (non-hydrogen) atoms. The van der Waals surface area contributed by atoms with Gasteiger partial charge in [0.2, 0.25) is 0 Å². The molecule has 0 atom stereocenters. The molecule has 0 aromatic heterocycles. The molecule has 0 amide bonds. The number of carboxylic acid groups (broad SMARTS) is 1. The van der Waals surface area contributed by atoms with Crippen LogP contribution in [0.5, 0.6) is 5.75 Å². The fraction of sp³-hybridized carbons (Fsp3) is 0.0909. The fourth-order valence-corrected chi connectivity index (χ4v) is 1.28. The second kappa shape index (κ2) is 4.41. The van der Waals surface area contributed by atoms with Crippen molar-refractivity contribution in [2.24, 2.45) is 0 Å². The summed E-state index contributed by atoms with van der Waals surface area (Å²) in [4.78, 5) is 21.8. The van der Waals surface area contributed by atoms with Crippen LogP contribution in [-0.2, 0) is 11.2 Å². The summed E-state index contributed by atoms with van der Waals surface area (Å²) in [7, 11) is 0. The largest absolute Gasteiger partial charge is 0.507 e. The zero-order valence-corrected chi connectivity index (χ0v) is 7.93. The molecule has 0 spiro atoms. The van der Waals surface area contributed by atoms with E-state index >= 15 is 0 Å². The van der Waals surface area contributed by atoms with Crippen LogP contribution >= 0.6 is 0 Å². The zero-order valence-electron chi connectivity index (χ0n) is 7.93. The Bertz CT molecular complexity index is 421. The van der Waals surface area contributed by atoms with E-state index in [0.29, 0.717) is 12.0 Å². The van der Waals surface area contributed by atoms with Crippen molar-refractivity contribution in [3.8, 4) is 5.75 Å². The average molecular weight is 206 g/mol. The van der Waals surface area contributed by atoms with Crippen molar-refractivity contribution >= 4 is 11.8 Å². The van der Waals surface area contributed by atoms with E-state index in [2.05, 4.69) is 6.58 Å². The monoisotopic (exact) mass is 206 g/mol. The SMILES string of the molecule is C=CCc1cccc(O)c1C(=O)C(=O)O. The predicted octanol–water partition coefficient (Wildman–Crippen LogP) is 1.39. The molecule has 1 aromatic rings. The number of benzene rings is 1. The lowest BCUT2D eigenvalue weighted by Gasteiger charge is -2.06. The van der Waals surface area contributed by atoms with Gasteiger partial charge in [-0.1, -0.05) is 18.2 Å². The van der Waals surface area contributed by atoms with Gasteiger partial charge >= 0.3 is 5.97 Å². The summed E-state index contributed by atoms with van der Waals surface area (Å²) < 4.78 is 0. The van der Waals surface area contributed by atoms with Crippen molar-refractivity contribution in [2.45, 2.75) is 6.42 Å². The third-order valence-corrected chi connectivity index (χ3v) is 1.91. The summed E-state index contributed by atoms with van der Waals surface area (Å²) in [5.41, 5.74) is 0.294. The molecule has 0 fully saturated rings. The molecule has 4 heteroatoms. The molecular weight excluding hydrogens is 196 g/mol. The van der Waals surface area contributed by atoms with Gasteiger partial charge in [-0.2, -0.15) is 0 Å². The van der Waals surface area contributed by atoms with Crippen molar-refractivity contribution in [1.82, 2.24) is 0 Å². The molecule has 78 valence electrons. The Hall–Kier alpha value is -2.10. The molecule has 0 radical (unpaired) electrons.